The average molecular weight is 512 g/mol. The Labute approximate surface area is 219 Å². The highest BCUT2D eigenvalue weighted by molar-refractivity contribution is 5.94. The first-order valence-corrected chi connectivity index (χ1v) is 12.3. The molecule has 5 rings (SSSR count). The molecule has 0 saturated carbocycles. The zero-order valence-electron chi connectivity index (χ0n) is 20.7. The summed E-state index contributed by atoms with van der Waals surface area (Å²) in [5, 5.41) is 9.21. The maximum atomic E-state index is 13.4. The molecule has 11 nitrogen and oxygen atoms in total. The largest absolute Gasteiger partial charge is 0.397 e. The molecule has 194 valence electrons. The smallest absolute Gasteiger partial charge is 0.288 e. The first-order valence-electron chi connectivity index (χ1n) is 12.3. The molecule has 2 amide bonds. The van der Waals surface area contributed by atoms with Gasteiger partial charge in [-0.05, 0) is 17.2 Å². The van der Waals surface area contributed by atoms with Gasteiger partial charge in [0.25, 0.3) is 11.8 Å². The molecule has 0 spiro atoms. The Bertz CT molecular complexity index is 1350. The number of H-pyrrole nitrogens is 1. The van der Waals surface area contributed by atoms with Crippen molar-refractivity contribution in [1.29, 1.82) is 0 Å². The maximum Gasteiger partial charge on any atom is 0.288 e. The highest BCUT2D eigenvalue weighted by Gasteiger charge is 2.36. The van der Waals surface area contributed by atoms with E-state index in [1.165, 1.54) is 12.4 Å². The summed E-state index contributed by atoms with van der Waals surface area (Å²) in [7, 11) is 0. The van der Waals surface area contributed by atoms with Crippen molar-refractivity contribution in [2.75, 3.05) is 37.6 Å². The minimum absolute atomic E-state index is 0.00447. The topological polar surface area (TPSA) is 159 Å². The Balaban J connectivity index is 1.44. The van der Waals surface area contributed by atoms with Crippen LogP contribution in [-0.4, -0.2) is 74.0 Å². The van der Waals surface area contributed by atoms with Gasteiger partial charge in [-0.3, -0.25) is 24.6 Å². The Morgan fingerprint density at radius 2 is 1.68 bits per heavy atom. The van der Waals surface area contributed by atoms with Gasteiger partial charge >= 0.3 is 0 Å². The third-order valence-corrected chi connectivity index (χ3v) is 6.60. The molecule has 1 aliphatic heterocycles. The molecule has 6 N–H and O–H groups in total. The molecule has 1 aliphatic rings. The van der Waals surface area contributed by atoms with Gasteiger partial charge in [0.05, 0.1) is 17.3 Å². The van der Waals surface area contributed by atoms with Crippen molar-refractivity contribution in [2.24, 2.45) is 0 Å². The molecular weight excluding hydrogens is 482 g/mol. The number of carbonyl (C=O) groups is 2. The summed E-state index contributed by atoms with van der Waals surface area (Å²) in [5.41, 5.74) is 14.5. The number of hydrogen-bond donors (Lipinski definition) is 4. The summed E-state index contributed by atoms with van der Waals surface area (Å²) < 4.78 is 0. The van der Waals surface area contributed by atoms with E-state index < -0.39 is 5.91 Å². The van der Waals surface area contributed by atoms with Gasteiger partial charge in [-0.15, -0.1) is 5.10 Å². The zero-order chi connectivity index (χ0) is 26.5. The minimum Gasteiger partial charge on any atom is -0.397 e. The van der Waals surface area contributed by atoms with Crippen LogP contribution in [0.2, 0.25) is 0 Å². The van der Waals surface area contributed by atoms with E-state index in [1.807, 2.05) is 36.4 Å². The highest BCUT2D eigenvalue weighted by Crippen LogP contribution is 2.32. The van der Waals surface area contributed by atoms with Gasteiger partial charge in [-0.25, -0.2) is 0 Å². The molecule has 0 aliphatic carbocycles. The van der Waals surface area contributed by atoms with E-state index in [4.69, 9.17) is 11.5 Å². The average Bonchev–Trinajstić information content (AvgIpc) is 3.39. The van der Waals surface area contributed by atoms with Crippen molar-refractivity contribution in [2.45, 2.75) is 12.1 Å². The predicted octanol–water partition coefficient (Wildman–Crippen LogP) is 1.71. The molecule has 11 heteroatoms. The number of benzene rings is 2. The maximum absolute atomic E-state index is 13.4. The van der Waals surface area contributed by atoms with Crippen molar-refractivity contribution in [3.05, 3.63) is 102 Å². The molecule has 38 heavy (non-hydrogen) atoms. The van der Waals surface area contributed by atoms with Gasteiger partial charge in [0, 0.05) is 44.6 Å². The number of nitrogens with zero attached hydrogens (tertiary/aromatic N) is 5. The van der Waals surface area contributed by atoms with Crippen LogP contribution in [0.15, 0.2) is 79.1 Å². The van der Waals surface area contributed by atoms with E-state index in [9.17, 15) is 9.59 Å². The van der Waals surface area contributed by atoms with Crippen LogP contribution < -0.4 is 16.8 Å². The van der Waals surface area contributed by atoms with Gasteiger partial charge in [0.1, 0.15) is 0 Å². The minimum atomic E-state index is -0.423. The number of nitrogens with one attached hydrogen (secondary N) is 2. The fourth-order valence-electron chi connectivity index (χ4n) is 4.85. The Kier molecular flexibility index (Phi) is 7.27. The number of nitrogens with two attached hydrogens (primary N) is 2. The molecule has 1 saturated heterocycles. The first-order chi connectivity index (χ1) is 18.5. The van der Waals surface area contributed by atoms with Crippen LogP contribution in [0, 0.1) is 0 Å². The molecule has 1 atom stereocenters. The van der Waals surface area contributed by atoms with E-state index in [-0.39, 0.29) is 36.3 Å². The van der Waals surface area contributed by atoms with Crippen molar-refractivity contribution in [1.82, 2.24) is 35.3 Å². The zero-order valence-corrected chi connectivity index (χ0v) is 20.7. The summed E-state index contributed by atoms with van der Waals surface area (Å²) in [6.45, 7) is 1.76. The molecule has 1 fully saturated rings. The van der Waals surface area contributed by atoms with E-state index >= 15 is 0 Å². The summed E-state index contributed by atoms with van der Waals surface area (Å²) >= 11 is 0. The number of amides is 2. The first kappa shape index (κ1) is 24.9. The third kappa shape index (κ3) is 5.47. The van der Waals surface area contributed by atoms with E-state index in [2.05, 4.69) is 54.6 Å². The lowest BCUT2D eigenvalue weighted by Crippen LogP contribution is -2.59. The molecule has 0 bridgehead atoms. The Morgan fingerprint density at radius 3 is 2.29 bits per heavy atom. The van der Waals surface area contributed by atoms with Crippen molar-refractivity contribution in [3.63, 3.8) is 0 Å². The van der Waals surface area contributed by atoms with Crippen LogP contribution in [0.4, 0.5) is 11.6 Å². The lowest BCUT2D eigenvalue weighted by molar-refractivity contribution is 0.0381. The summed E-state index contributed by atoms with van der Waals surface area (Å²) in [5.74, 6) is -0.546. The second-order valence-corrected chi connectivity index (χ2v) is 9.13. The molecule has 3 heterocycles. The van der Waals surface area contributed by atoms with Gasteiger partial charge in [0.15, 0.2) is 0 Å². The third-order valence-electron chi connectivity index (χ3n) is 6.60. The van der Waals surface area contributed by atoms with Crippen LogP contribution >= 0.6 is 0 Å². The summed E-state index contributed by atoms with van der Waals surface area (Å²) in [6.07, 6.45) is 3.03. The summed E-state index contributed by atoms with van der Waals surface area (Å²) in [4.78, 5) is 38.2. The van der Waals surface area contributed by atoms with Crippen LogP contribution in [0.3, 0.4) is 0 Å². The molecule has 0 radical (unpaired) electrons. The van der Waals surface area contributed by atoms with Crippen LogP contribution in [-0.2, 0) is 0 Å². The van der Waals surface area contributed by atoms with E-state index in [0.717, 1.165) is 11.1 Å². The number of rotatable bonds is 7. The fourth-order valence-corrected chi connectivity index (χ4v) is 4.85. The fraction of sp³-hybridized carbons (Fsp3) is 0.222. The lowest BCUT2D eigenvalue weighted by atomic mass is 9.94. The van der Waals surface area contributed by atoms with Crippen LogP contribution in [0.25, 0.3) is 0 Å². The molecule has 2 aromatic carbocycles. The Morgan fingerprint density at radius 1 is 1.00 bits per heavy atom. The Hall–Kier alpha value is -4.77. The lowest BCUT2D eigenvalue weighted by Gasteiger charge is -2.45. The second kappa shape index (κ2) is 11.1. The van der Waals surface area contributed by atoms with Gasteiger partial charge < -0.3 is 21.7 Å². The van der Waals surface area contributed by atoms with Crippen molar-refractivity contribution >= 4 is 23.5 Å². The molecule has 2 aromatic heterocycles. The van der Waals surface area contributed by atoms with Gasteiger partial charge in [0.2, 0.25) is 11.8 Å². The number of carbonyl (C=O) groups excluding carboxylic acids is 2. The number of piperazine rings is 1. The number of hydrogen-bond acceptors (Lipinski definition) is 8. The van der Waals surface area contributed by atoms with Crippen LogP contribution in [0.5, 0.6) is 0 Å². The molecule has 1 unspecified atom stereocenters. The monoisotopic (exact) mass is 511 g/mol. The van der Waals surface area contributed by atoms with E-state index in [0.29, 0.717) is 30.9 Å². The predicted molar refractivity (Wildman–Crippen MR) is 143 cm³/mol. The van der Waals surface area contributed by atoms with E-state index in [1.54, 1.807) is 11.0 Å². The highest BCUT2D eigenvalue weighted by atomic mass is 16.2. The SMILES string of the molecule is Nc1cncc(C(=O)N2CCN(C(c3ccccc3)c3ccccc3)C(CNC(=O)c3nc(N)n[nH]3)C2)c1. The molecule has 4 aromatic rings. The normalized spacial score (nSPS) is 15.9. The van der Waals surface area contributed by atoms with Crippen LogP contribution in [0.1, 0.15) is 38.1 Å². The van der Waals surface area contributed by atoms with Gasteiger partial charge in [-0.1, -0.05) is 60.7 Å². The number of aromatic nitrogens is 4. The molecular formula is C27H29N9O2. The van der Waals surface area contributed by atoms with Crippen molar-refractivity contribution in [3.8, 4) is 0 Å². The van der Waals surface area contributed by atoms with Gasteiger partial charge in [-0.2, -0.15) is 4.98 Å². The quantitative estimate of drug-likeness (QED) is 0.292. The number of pyridine rings is 1. The summed E-state index contributed by atoms with van der Waals surface area (Å²) in [6, 6.07) is 21.8. The number of aromatic amines is 1. The van der Waals surface area contributed by atoms with Crippen molar-refractivity contribution < 1.29 is 9.59 Å². The standard InChI is InChI=1S/C27H29N9O2/c28-21-13-20(14-30-15-21)26(38)35-11-12-36(22(17-35)16-31-25(37)24-32-27(29)34-33-24)23(18-7-3-1-4-8-18)19-9-5-2-6-10-19/h1-10,13-15,22-23H,11-12,16-17,28H2,(H,31,37)(H3,29,32,33,34). The number of anilines is 2. The number of nitrogen functional groups attached to an aromatic ring is 2. The second-order valence-electron chi connectivity index (χ2n) is 9.13.